The van der Waals surface area contributed by atoms with Gasteiger partial charge in [-0.3, -0.25) is 37.3 Å². The first kappa shape index (κ1) is 103. The van der Waals surface area contributed by atoms with Crippen molar-refractivity contribution >= 4 is 39.5 Å². The summed E-state index contributed by atoms with van der Waals surface area (Å²) in [6.45, 7) is 7.39. The summed E-state index contributed by atoms with van der Waals surface area (Å²) in [7, 11) is -9.92. The van der Waals surface area contributed by atoms with E-state index in [1.807, 2.05) is 0 Å². The Hall–Kier alpha value is -1.94. The van der Waals surface area contributed by atoms with Crippen molar-refractivity contribution in [1.29, 1.82) is 0 Å². The molecule has 3 N–H and O–H groups in total. The lowest BCUT2D eigenvalue weighted by atomic mass is 10.0. The molecular formula is C86H168O17P2. The number of ether oxygens (including phenoxy) is 4. The molecule has 2 unspecified atom stereocenters. The molecule has 0 fully saturated rings. The number of phosphoric ester groups is 2. The van der Waals surface area contributed by atoms with Crippen molar-refractivity contribution in [3.8, 4) is 0 Å². The summed E-state index contributed by atoms with van der Waals surface area (Å²) in [5, 5.41) is 10.7. The molecule has 0 aromatic carbocycles. The van der Waals surface area contributed by atoms with Gasteiger partial charge in [0.1, 0.15) is 19.3 Å². The first-order chi connectivity index (χ1) is 51.0. The molecule has 0 bridgehead atoms. The van der Waals surface area contributed by atoms with E-state index in [0.29, 0.717) is 25.7 Å². The largest absolute Gasteiger partial charge is 0.472 e. The fraction of sp³-hybridized carbons (Fsp3) is 0.953. The van der Waals surface area contributed by atoms with Gasteiger partial charge in [-0.15, -0.1) is 0 Å². The second-order valence-electron chi connectivity index (χ2n) is 31.4. The van der Waals surface area contributed by atoms with Gasteiger partial charge in [-0.1, -0.05) is 413 Å². The summed E-state index contributed by atoms with van der Waals surface area (Å²) >= 11 is 0. The van der Waals surface area contributed by atoms with Crippen LogP contribution in [0.1, 0.15) is 465 Å². The zero-order valence-electron chi connectivity index (χ0n) is 68.9. The lowest BCUT2D eigenvalue weighted by Gasteiger charge is -2.21. The first-order valence-corrected chi connectivity index (χ1v) is 47.6. The maximum atomic E-state index is 13.1. The first-order valence-electron chi connectivity index (χ1n) is 44.6. The van der Waals surface area contributed by atoms with Gasteiger partial charge in [0.05, 0.1) is 26.4 Å². The van der Waals surface area contributed by atoms with Crippen molar-refractivity contribution in [1.82, 2.24) is 0 Å². The number of carbonyl (C=O) groups is 4. The molecule has 0 saturated heterocycles. The van der Waals surface area contributed by atoms with Crippen LogP contribution in [0.15, 0.2) is 0 Å². The molecule has 0 aromatic heterocycles. The van der Waals surface area contributed by atoms with Gasteiger partial charge in [0.25, 0.3) is 0 Å². The number of unbranched alkanes of at least 4 members (excludes halogenated alkanes) is 58. The topological polar surface area (TPSA) is 237 Å². The number of aliphatic hydroxyl groups is 1. The smallest absolute Gasteiger partial charge is 0.462 e. The van der Waals surface area contributed by atoms with Gasteiger partial charge in [0, 0.05) is 25.7 Å². The maximum absolute atomic E-state index is 13.1. The van der Waals surface area contributed by atoms with E-state index in [2.05, 4.69) is 34.6 Å². The van der Waals surface area contributed by atoms with Gasteiger partial charge in [-0.2, -0.15) is 0 Å². The van der Waals surface area contributed by atoms with Crippen LogP contribution in [0.5, 0.6) is 0 Å². The summed E-state index contributed by atoms with van der Waals surface area (Å²) < 4.78 is 68.9. The van der Waals surface area contributed by atoms with E-state index >= 15 is 0 Å². The highest BCUT2D eigenvalue weighted by Crippen LogP contribution is 2.45. The SMILES string of the molecule is CCCCCCCCCCCCCCCCCCCCCCCCC(=O)O[C@H](COC(=O)CCCCCCCCCCCCCCCCCCC(C)C)COP(=O)(O)OC[C@@H](O)COP(=O)(O)OC[C@@H](COC(=O)CCCCCCCCCCCCC)OC(=O)CCCCCCCCCCCCCCC. The third kappa shape index (κ3) is 79.9. The van der Waals surface area contributed by atoms with Crippen molar-refractivity contribution < 1.29 is 80.2 Å². The van der Waals surface area contributed by atoms with Crippen LogP contribution in [-0.4, -0.2) is 96.7 Å². The van der Waals surface area contributed by atoms with Crippen molar-refractivity contribution in [2.24, 2.45) is 5.92 Å². The third-order valence-electron chi connectivity index (χ3n) is 20.3. The average molecular weight is 1540 g/mol. The van der Waals surface area contributed by atoms with Crippen molar-refractivity contribution in [2.75, 3.05) is 39.6 Å². The predicted octanol–water partition coefficient (Wildman–Crippen LogP) is 26.4. The van der Waals surface area contributed by atoms with Crippen molar-refractivity contribution in [3.63, 3.8) is 0 Å². The molecule has 0 aliphatic heterocycles. The number of carbonyl (C=O) groups excluding carboxylic acids is 4. The molecule has 19 heteroatoms. The Labute approximate surface area is 645 Å². The Morgan fingerprint density at radius 1 is 0.257 bits per heavy atom. The van der Waals surface area contributed by atoms with Crippen LogP contribution in [0.2, 0.25) is 0 Å². The highest BCUT2D eigenvalue weighted by molar-refractivity contribution is 7.47. The third-order valence-corrected chi connectivity index (χ3v) is 22.2. The molecule has 0 heterocycles. The number of rotatable bonds is 86. The zero-order chi connectivity index (χ0) is 76.9. The van der Waals surface area contributed by atoms with Crippen molar-refractivity contribution in [2.45, 2.75) is 483 Å². The Kier molecular flexibility index (Phi) is 77.3. The Morgan fingerprint density at radius 3 is 0.648 bits per heavy atom. The predicted molar refractivity (Wildman–Crippen MR) is 432 cm³/mol. The van der Waals surface area contributed by atoms with E-state index in [9.17, 15) is 43.2 Å². The molecule has 5 atom stereocenters. The van der Waals surface area contributed by atoms with Crippen LogP contribution in [0.25, 0.3) is 0 Å². The second-order valence-corrected chi connectivity index (χ2v) is 34.3. The van der Waals surface area contributed by atoms with Crippen LogP contribution in [0.3, 0.4) is 0 Å². The Morgan fingerprint density at radius 2 is 0.438 bits per heavy atom. The summed E-state index contributed by atoms with van der Waals surface area (Å²) in [5.74, 6) is -1.29. The molecule has 17 nitrogen and oxygen atoms in total. The van der Waals surface area contributed by atoms with E-state index in [1.54, 1.807) is 0 Å². The van der Waals surface area contributed by atoms with Gasteiger partial charge >= 0.3 is 39.5 Å². The number of hydrogen-bond donors (Lipinski definition) is 3. The normalized spacial score (nSPS) is 13.8. The molecule has 105 heavy (non-hydrogen) atoms. The summed E-state index contributed by atoms with van der Waals surface area (Å²) in [5.41, 5.74) is 0. The molecule has 0 aromatic rings. The van der Waals surface area contributed by atoms with E-state index in [0.717, 1.165) is 95.8 Å². The minimum absolute atomic E-state index is 0.108. The quantitative estimate of drug-likeness (QED) is 0.0222. The molecule has 0 aliphatic rings. The minimum atomic E-state index is -4.97. The molecule has 0 amide bonds. The lowest BCUT2D eigenvalue weighted by Crippen LogP contribution is -2.30. The highest BCUT2D eigenvalue weighted by atomic mass is 31.2. The summed E-state index contributed by atoms with van der Waals surface area (Å²) in [4.78, 5) is 73.2. The van der Waals surface area contributed by atoms with Gasteiger partial charge < -0.3 is 33.8 Å². The van der Waals surface area contributed by atoms with Crippen LogP contribution in [-0.2, 0) is 65.4 Å². The fourth-order valence-electron chi connectivity index (χ4n) is 13.5. The van der Waals surface area contributed by atoms with Crippen LogP contribution in [0.4, 0.5) is 0 Å². The van der Waals surface area contributed by atoms with Crippen LogP contribution in [0, 0.1) is 5.92 Å². The van der Waals surface area contributed by atoms with E-state index < -0.39 is 97.5 Å². The van der Waals surface area contributed by atoms with E-state index in [-0.39, 0.29) is 25.7 Å². The molecule has 0 aliphatic carbocycles. The average Bonchev–Trinajstić information content (AvgIpc) is 0.978. The Balaban J connectivity index is 5.21. The lowest BCUT2D eigenvalue weighted by molar-refractivity contribution is -0.161. The monoisotopic (exact) mass is 1540 g/mol. The molecule has 0 spiro atoms. The van der Waals surface area contributed by atoms with E-state index in [4.69, 9.17) is 37.0 Å². The fourth-order valence-corrected chi connectivity index (χ4v) is 15.1. The zero-order valence-corrected chi connectivity index (χ0v) is 70.7. The molecule has 0 radical (unpaired) electrons. The highest BCUT2D eigenvalue weighted by Gasteiger charge is 2.30. The van der Waals surface area contributed by atoms with Gasteiger partial charge in [0.2, 0.25) is 0 Å². The standard InChI is InChI=1S/C86H168O17P2/c1-6-9-12-15-18-21-24-26-27-28-29-30-31-32-33-38-42-47-52-57-62-67-72-86(91)103-82(76-97-84(89)70-65-60-55-50-45-41-37-35-34-36-40-44-48-53-58-63-68-79(4)5)78-101-105(94,95)99-74-80(87)73-98-104(92,93)100-77-81(75-96-83(88)69-64-59-54-49-43-23-20-17-14-11-8-3)102-85(90)71-66-61-56-51-46-39-25-22-19-16-13-10-7-2/h79-82,87H,6-78H2,1-5H3,(H,92,93)(H,94,95)/t80-,81+,82+/m0/s1. The van der Waals surface area contributed by atoms with E-state index in [1.165, 1.54) is 289 Å². The summed E-state index contributed by atoms with van der Waals surface area (Å²) in [6, 6.07) is 0. The Bertz CT molecular complexity index is 2000. The van der Waals surface area contributed by atoms with Crippen molar-refractivity contribution in [3.05, 3.63) is 0 Å². The summed E-state index contributed by atoms with van der Waals surface area (Å²) in [6.07, 6.45) is 72.2. The number of aliphatic hydroxyl groups excluding tert-OH is 1. The van der Waals surface area contributed by atoms with Crippen LogP contribution >= 0.6 is 15.6 Å². The maximum Gasteiger partial charge on any atom is 0.472 e. The minimum Gasteiger partial charge on any atom is -0.462 e. The molecule has 624 valence electrons. The van der Waals surface area contributed by atoms with Gasteiger partial charge in [-0.25, -0.2) is 9.13 Å². The number of esters is 4. The number of hydrogen-bond acceptors (Lipinski definition) is 15. The molecule has 0 saturated carbocycles. The molecular weight excluding hydrogens is 1370 g/mol. The second kappa shape index (κ2) is 78.7. The van der Waals surface area contributed by atoms with Gasteiger partial charge in [-0.05, 0) is 31.6 Å². The number of phosphoric acid groups is 2. The van der Waals surface area contributed by atoms with Crippen LogP contribution < -0.4 is 0 Å². The van der Waals surface area contributed by atoms with Gasteiger partial charge in [0.15, 0.2) is 12.2 Å². The molecule has 0 rings (SSSR count).